The lowest BCUT2D eigenvalue weighted by Gasteiger charge is -2.33. The summed E-state index contributed by atoms with van der Waals surface area (Å²) in [6.07, 6.45) is 0.832. The molecule has 2 aromatic rings. The average Bonchev–Trinajstić information content (AvgIpc) is 2.96. The molecule has 1 amide bonds. The predicted molar refractivity (Wildman–Crippen MR) is 105 cm³/mol. The minimum absolute atomic E-state index is 0.0784. The molecule has 0 radical (unpaired) electrons. The fourth-order valence-electron chi connectivity index (χ4n) is 3.18. The number of carbonyl (C=O) groups excluding carboxylic acids is 1. The van der Waals surface area contributed by atoms with Crippen LogP contribution in [-0.4, -0.2) is 41.2 Å². The SMILES string of the molecule is CC(C)(O)CN1CCc2c(cccc2NC(=O)COc2ccsc2Cl)C1. The predicted octanol–water partition coefficient (Wildman–Crippen LogP) is 3.55. The minimum Gasteiger partial charge on any atom is -0.481 e. The Morgan fingerprint density at radius 3 is 2.92 bits per heavy atom. The number of nitrogens with one attached hydrogen (secondary N) is 1. The molecule has 140 valence electrons. The third-order valence-corrected chi connectivity index (χ3v) is 5.31. The number of halogens is 1. The molecule has 7 heteroatoms. The van der Waals surface area contributed by atoms with Crippen LogP contribution in [0.4, 0.5) is 5.69 Å². The Labute approximate surface area is 162 Å². The van der Waals surface area contributed by atoms with Crippen molar-refractivity contribution in [3.05, 3.63) is 45.1 Å². The van der Waals surface area contributed by atoms with E-state index < -0.39 is 5.60 Å². The maximum absolute atomic E-state index is 12.2. The van der Waals surface area contributed by atoms with Crippen molar-refractivity contribution >= 4 is 34.5 Å². The van der Waals surface area contributed by atoms with Gasteiger partial charge >= 0.3 is 0 Å². The first-order valence-electron chi connectivity index (χ1n) is 8.53. The Morgan fingerprint density at radius 1 is 1.42 bits per heavy atom. The second kappa shape index (κ2) is 7.96. The third-order valence-electron chi connectivity index (χ3n) is 4.17. The van der Waals surface area contributed by atoms with Gasteiger partial charge in [0.2, 0.25) is 0 Å². The molecule has 0 fully saturated rings. The summed E-state index contributed by atoms with van der Waals surface area (Å²) in [5.41, 5.74) is 2.45. The first-order chi connectivity index (χ1) is 12.3. The molecule has 1 aliphatic heterocycles. The largest absolute Gasteiger partial charge is 0.481 e. The molecular weight excluding hydrogens is 372 g/mol. The Hall–Kier alpha value is -1.60. The van der Waals surface area contributed by atoms with Gasteiger partial charge in [-0.05, 0) is 48.9 Å². The van der Waals surface area contributed by atoms with Gasteiger partial charge < -0.3 is 15.2 Å². The first kappa shape index (κ1) is 19.2. The number of thiophene rings is 1. The van der Waals surface area contributed by atoms with Crippen molar-refractivity contribution in [1.82, 2.24) is 4.90 Å². The van der Waals surface area contributed by atoms with Crippen molar-refractivity contribution in [2.45, 2.75) is 32.4 Å². The summed E-state index contributed by atoms with van der Waals surface area (Å²) in [5.74, 6) is 0.323. The number of anilines is 1. The van der Waals surface area contributed by atoms with E-state index in [1.165, 1.54) is 16.9 Å². The highest BCUT2D eigenvalue weighted by molar-refractivity contribution is 7.14. The Bertz CT molecular complexity index is 785. The number of hydrogen-bond acceptors (Lipinski definition) is 5. The van der Waals surface area contributed by atoms with Gasteiger partial charge in [0.1, 0.15) is 10.1 Å². The molecular formula is C19H23ClN2O3S. The number of β-amino-alcohol motifs (C(OH)–C–C–N with tert-alkyl or cyclic N) is 1. The number of benzene rings is 1. The minimum atomic E-state index is -0.719. The van der Waals surface area contributed by atoms with E-state index in [1.807, 2.05) is 31.4 Å². The number of hydrogen-bond donors (Lipinski definition) is 2. The molecule has 26 heavy (non-hydrogen) atoms. The number of amides is 1. The zero-order valence-corrected chi connectivity index (χ0v) is 16.5. The zero-order chi connectivity index (χ0) is 18.7. The van der Waals surface area contributed by atoms with Crippen molar-refractivity contribution in [2.24, 2.45) is 0 Å². The summed E-state index contributed by atoms with van der Waals surface area (Å²) < 4.78 is 6.00. The van der Waals surface area contributed by atoms with E-state index >= 15 is 0 Å². The lowest BCUT2D eigenvalue weighted by Crippen LogP contribution is -2.41. The van der Waals surface area contributed by atoms with E-state index in [0.717, 1.165) is 30.8 Å². The van der Waals surface area contributed by atoms with Gasteiger partial charge in [-0.2, -0.15) is 0 Å². The number of aliphatic hydroxyl groups is 1. The summed E-state index contributed by atoms with van der Waals surface area (Å²) in [4.78, 5) is 14.5. The highest BCUT2D eigenvalue weighted by Gasteiger charge is 2.24. The Morgan fingerprint density at radius 2 is 2.23 bits per heavy atom. The van der Waals surface area contributed by atoms with Gasteiger partial charge in [-0.1, -0.05) is 23.7 Å². The summed E-state index contributed by atoms with van der Waals surface area (Å²) in [6, 6.07) is 7.68. The lowest BCUT2D eigenvalue weighted by atomic mass is 9.96. The van der Waals surface area contributed by atoms with E-state index in [-0.39, 0.29) is 12.5 Å². The Kier molecular flexibility index (Phi) is 5.87. The average molecular weight is 395 g/mol. The number of nitrogens with zero attached hydrogens (tertiary/aromatic N) is 1. The van der Waals surface area contributed by atoms with Crippen LogP contribution >= 0.6 is 22.9 Å². The number of fused-ring (bicyclic) bond motifs is 1. The molecule has 2 N–H and O–H groups in total. The van der Waals surface area contributed by atoms with Gasteiger partial charge in [-0.25, -0.2) is 0 Å². The molecule has 0 unspecified atom stereocenters. The lowest BCUT2D eigenvalue weighted by molar-refractivity contribution is -0.118. The van der Waals surface area contributed by atoms with Crippen LogP contribution in [-0.2, 0) is 17.8 Å². The summed E-state index contributed by atoms with van der Waals surface area (Å²) >= 11 is 7.35. The normalized spacial score (nSPS) is 14.8. The van der Waals surface area contributed by atoms with Crippen LogP contribution in [0.25, 0.3) is 0 Å². The maximum Gasteiger partial charge on any atom is 0.262 e. The van der Waals surface area contributed by atoms with E-state index in [9.17, 15) is 9.90 Å². The van der Waals surface area contributed by atoms with E-state index in [2.05, 4.69) is 16.3 Å². The van der Waals surface area contributed by atoms with Gasteiger partial charge in [-0.3, -0.25) is 9.69 Å². The molecule has 3 rings (SSSR count). The highest BCUT2D eigenvalue weighted by atomic mass is 35.5. The van der Waals surface area contributed by atoms with Crippen molar-refractivity contribution in [3.8, 4) is 5.75 Å². The molecule has 0 atom stereocenters. The van der Waals surface area contributed by atoms with Gasteiger partial charge in [0.15, 0.2) is 6.61 Å². The van der Waals surface area contributed by atoms with Crippen LogP contribution in [0.3, 0.4) is 0 Å². The van der Waals surface area contributed by atoms with Crippen LogP contribution in [0, 0.1) is 0 Å². The second-order valence-corrected chi connectivity index (χ2v) is 8.63. The standard InChI is InChI=1S/C19H23ClN2O3S/c1-19(2,24)12-22-8-6-14-13(10-22)4-3-5-15(14)21-17(23)11-25-16-7-9-26-18(16)20/h3-5,7,9,24H,6,8,10-12H2,1-2H3,(H,21,23). The quantitative estimate of drug-likeness (QED) is 0.786. The van der Waals surface area contributed by atoms with Crippen molar-refractivity contribution in [1.29, 1.82) is 0 Å². The molecule has 1 aliphatic rings. The van der Waals surface area contributed by atoms with E-state index in [4.69, 9.17) is 16.3 Å². The summed E-state index contributed by atoms with van der Waals surface area (Å²) in [6.45, 7) is 5.80. The number of rotatable bonds is 6. The topological polar surface area (TPSA) is 61.8 Å². The summed E-state index contributed by atoms with van der Waals surface area (Å²) in [5, 5.41) is 14.8. The molecule has 1 aromatic heterocycles. The zero-order valence-electron chi connectivity index (χ0n) is 14.9. The summed E-state index contributed by atoms with van der Waals surface area (Å²) in [7, 11) is 0. The number of carbonyl (C=O) groups is 1. The third kappa shape index (κ3) is 4.98. The first-order valence-corrected chi connectivity index (χ1v) is 9.79. The molecule has 1 aromatic carbocycles. The van der Waals surface area contributed by atoms with Crippen molar-refractivity contribution in [2.75, 3.05) is 25.0 Å². The molecule has 0 aliphatic carbocycles. The van der Waals surface area contributed by atoms with Gasteiger partial charge in [0.05, 0.1) is 5.60 Å². The van der Waals surface area contributed by atoms with Crippen molar-refractivity contribution in [3.63, 3.8) is 0 Å². The molecule has 0 spiro atoms. The van der Waals surface area contributed by atoms with Crippen LogP contribution in [0.5, 0.6) is 5.75 Å². The molecule has 0 bridgehead atoms. The van der Waals surface area contributed by atoms with Crippen LogP contribution in [0.15, 0.2) is 29.6 Å². The smallest absolute Gasteiger partial charge is 0.262 e. The second-order valence-electron chi connectivity index (χ2n) is 7.11. The van der Waals surface area contributed by atoms with Crippen LogP contribution < -0.4 is 10.1 Å². The van der Waals surface area contributed by atoms with Crippen LogP contribution in [0.2, 0.25) is 4.34 Å². The molecule has 2 heterocycles. The van der Waals surface area contributed by atoms with E-state index in [1.54, 1.807) is 6.07 Å². The number of ether oxygens (including phenoxy) is 1. The molecule has 0 saturated heterocycles. The molecule has 5 nitrogen and oxygen atoms in total. The van der Waals surface area contributed by atoms with E-state index in [0.29, 0.717) is 16.6 Å². The molecule has 0 saturated carbocycles. The van der Waals surface area contributed by atoms with Gasteiger partial charge in [0, 0.05) is 25.3 Å². The van der Waals surface area contributed by atoms with Crippen LogP contribution in [0.1, 0.15) is 25.0 Å². The van der Waals surface area contributed by atoms with Gasteiger partial charge in [0.25, 0.3) is 5.91 Å². The fourth-order valence-corrected chi connectivity index (χ4v) is 4.01. The van der Waals surface area contributed by atoms with Crippen molar-refractivity contribution < 1.29 is 14.6 Å². The monoisotopic (exact) mass is 394 g/mol. The fraction of sp³-hybridized carbons (Fsp3) is 0.421. The maximum atomic E-state index is 12.2. The Balaban J connectivity index is 1.62. The van der Waals surface area contributed by atoms with Gasteiger partial charge in [-0.15, -0.1) is 11.3 Å². The highest BCUT2D eigenvalue weighted by Crippen LogP contribution is 2.30.